The average molecular weight is 446 g/mol. The van der Waals surface area contributed by atoms with Crippen molar-refractivity contribution in [3.63, 3.8) is 0 Å². The maximum Gasteiger partial charge on any atom is 0.262 e. The summed E-state index contributed by atoms with van der Waals surface area (Å²) in [5.41, 5.74) is 2.90. The Labute approximate surface area is 184 Å². The normalized spacial score (nSPS) is 21.7. The summed E-state index contributed by atoms with van der Waals surface area (Å²) in [6, 6.07) is 9.23. The fourth-order valence-electron chi connectivity index (χ4n) is 3.87. The molecule has 1 saturated heterocycles. The summed E-state index contributed by atoms with van der Waals surface area (Å²) in [7, 11) is 2.08. The molecule has 2 amide bonds. The molecule has 0 saturated carbocycles. The largest absolute Gasteiger partial charge is 0.378 e. The van der Waals surface area contributed by atoms with Crippen molar-refractivity contribution in [3.05, 3.63) is 57.3 Å². The van der Waals surface area contributed by atoms with Crippen LogP contribution in [0.15, 0.2) is 36.9 Å². The van der Waals surface area contributed by atoms with Gasteiger partial charge >= 0.3 is 0 Å². The molecule has 2 aliphatic rings. The van der Waals surface area contributed by atoms with Crippen LogP contribution in [0.4, 0.5) is 5.69 Å². The number of benzene rings is 1. The molecule has 1 atom stereocenters. The number of hydrogen-bond acceptors (Lipinski definition) is 5. The predicted molar refractivity (Wildman–Crippen MR) is 120 cm³/mol. The maximum atomic E-state index is 13.2. The van der Waals surface area contributed by atoms with Gasteiger partial charge < -0.3 is 20.3 Å². The number of amides is 2. The van der Waals surface area contributed by atoms with Crippen molar-refractivity contribution in [1.29, 1.82) is 0 Å². The molecule has 2 aliphatic heterocycles. The molecule has 0 radical (unpaired) electrons. The number of nitrogens with zero attached hydrogens (tertiary/aromatic N) is 1. The van der Waals surface area contributed by atoms with Gasteiger partial charge in [-0.25, -0.2) is 0 Å². The molecule has 2 aromatic rings. The lowest BCUT2D eigenvalue weighted by Crippen LogP contribution is -2.57. The highest BCUT2D eigenvalue weighted by Gasteiger charge is 2.44. The van der Waals surface area contributed by atoms with Crippen molar-refractivity contribution in [2.45, 2.75) is 18.4 Å². The van der Waals surface area contributed by atoms with E-state index in [1.807, 2.05) is 18.2 Å². The number of halogens is 1. The Morgan fingerprint density at radius 2 is 2.13 bits per heavy atom. The lowest BCUT2D eigenvalue weighted by atomic mass is 9.96. The molecule has 1 aromatic carbocycles. The first kappa shape index (κ1) is 21.1. The number of nitrogens with one attached hydrogen (secondary N) is 2. The van der Waals surface area contributed by atoms with Crippen LogP contribution < -0.4 is 10.6 Å². The van der Waals surface area contributed by atoms with Crippen LogP contribution >= 0.6 is 22.9 Å². The zero-order valence-corrected chi connectivity index (χ0v) is 18.4. The van der Waals surface area contributed by atoms with Crippen molar-refractivity contribution in [3.8, 4) is 0 Å². The topological polar surface area (TPSA) is 70.7 Å². The fraction of sp³-hybridized carbons (Fsp3) is 0.364. The average Bonchev–Trinajstić information content (AvgIpc) is 3.33. The Bertz CT molecular complexity index is 997. The van der Waals surface area contributed by atoms with E-state index in [9.17, 15) is 9.59 Å². The first-order valence-corrected chi connectivity index (χ1v) is 11.0. The van der Waals surface area contributed by atoms with Gasteiger partial charge in [0.2, 0.25) is 0 Å². The monoisotopic (exact) mass is 445 g/mol. The number of hydrogen-bond donors (Lipinski definition) is 2. The van der Waals surface area contributed by atoms with Crippen LogP contribution in [0.25, 0.3) is 5.57 Å². The van der Waals surface area contributed by atoms with Crippen LogP contribution in [-0.4, -0.2) is 55.6 Å². The number of carbonyl (C=O) groups is 2. The van der Waals surface area contributed by atoms with E-state index in [1.54, 1.807) is 12.1 Å². The summed E-state index contributed by atoms with van der Waals surface area (Å²) in [6.07, 6.45) is 1.35. The highest BCUT2D eigenvalue weighted by Crippen LogP contribution is 2.28. The highest BCUT2D eigenvalue weighted by molar-refractivity contribution is 7.18. The minimum atomic E-state index is -1.11. The van der Waals surface area contributed by atoms with Gasteiger partial charge in [0.05, 0.1) is 15.8 Å². The summed E-state index contributed by atoms with van der Waals surface area (Å²) in [5, 5.41) is 5.86. The highest BCUT2D eigenvalue weighted by atomic mass is 35.5. The summed E-state index contributed by atoms with van der Waals surface area (Å²) >= 11 is 7.12. The molecule has 0 spiro atoms. The zero-order valence-electron chi connectivity index (χ0n) is 16.8. The Morgan fingerprint density at radius 1 is 1.30 bits per heavy atom. The third-order valence-corrected chi connectivity index (χ3v) is 6.81. The van der Waals surface area contributed by atoms with E-state index in [1.165, 1.54) is 16.9 Å². The molecule has 2 N–H and O–H groups in total. The van der Waals surface area contributed by atoms with Crippen molar-refractivity contribution >= 4 is 46.0 Å². The van der Waals surface area contributed by atoms with Crippen molar-refractivity contribution in [1.82, 2.24) is 10.2 Å². The molecule has 8 heteroatoms. The predicted octanol–water partition coefficient (Wildman–Crippen LogP) is 3.43. The van der Waals surface area contributed by atoms with Gasteiger partial charge in [-0.15, -0.1) is 11.3 Å². The van der Waals surface area contributed by atoms with Gasteiger partial charge in [0.25, 0.3) is 11.8 Å². The zero-order chi connectivity index (χ0) is 21.3. The number of likely N-dealkylation sites (N-methyl/N-ethyl adjacent to an activating group) is 1. The molecule has 4 rings (SSSR count). The molecule has 30 heavy (non-hydrogen) atoms. The summed E-state index contributed by atoms with van der Waals surface area (Å²) < 4.78 is 6.00. The van der Waals surface area contributed by atoms with Gasteiger partial charge in [0.15, 0.2) is 0 Å². The number of ether oxygens (including phenoxy) is 1. The maximum absolute atomic E-state index is 13.2. The van der Waals surface area contributed by atoms with Gasteiger partial charge in [-0.3, -0.25) is 9.59 Å². The van der Waals surface area contributed by atoms with E-state index < -0.39 is 5.54 Å². The molecule has 158 valence electrons. The van der Waals surface area contributed by atoms with E-state index in [-0.39, 0.29) is 18.4 Å². The molecule has 1 fully saturated rings. The number of anilines is 1. The fourth-order valence-corrected chi connectivity index (χ4v) is 4.81. The minimum absolute atomic E-state index is 0.131. The molecular formula is C22H24ClN3O3S. The smallest absolute Gasteiger partial charge is 0.262 e. The minimum Gasteiger partial charge on any atom is -0.378 e. The van der Waals surface area contributed by atoms with Crippen LogP contribution in [0.1, 0.15) is 27.2 Å². The Balaban J connectivity index is 1.53. The van der Waals surface area contributed by atoms with Crippen LogP contribution in [-0.2, 0) is 16.0 Å². The number of fused-ring (bicyclic) bond motifs is 1. The summed E-state index contributed by atoms with van der Waals surface area (Å²) in [6.45, 7) is 6.51. The Kier molecular flexibility index (Phi) is 5.97. The second-order valence-corrected chi connectivity index (χ2v) is 9.58. The van der Waals surface area contributed by atoms with Gasteiger partial charge in [0, 0.05) is 31.8 Å². The van der Waals surface area contributed by atoms with E-state index in [0.29, 0.717) is 27.9 Å². The molecular weight excluding hydrogens is 422 g/mol. The van der Waals surface area contributed by atoms with E-state index in [4.69, 9.17) is 16.3 Å². The molecule has 3 heterocycles. The number of thiophene rings is 1. The number of rotatable bonds is 4. The van der Waals surface area contributed by atoms with Crippen molar-refractivity contribution < 1.29 is 14.3 Å². The van der Waals surface area contributed by atoms with Crippen LogP contribution in [0.2, 0.25) is 4.34 Å². The lowest BCUT2D eigenvalue weighted by molar-refractivity contribution is -0.122. The van der Waals surface area contributed by atoms with Gasteiger partial charge in [-0.2, -0.15) is 0 Å². The van der Waals surface area contributed by atoms with Crippen LogP contribution in [0.5, 0.6) is 0 Å². The number of carbonyl (C=O) groups excluding carboxylic acids is 2. The third-order valence-electron chi connectivity index (χ3n) is 5.58. The molecule has 1 aromatic heterocycles. The molecule has 6 nitrogen and oxygen atoms in total. The van der Waals surface area contributed by atoms with Crippen LogP contribution in [0.3, 0.4) is 0 Å². The summed E-state index contributed by atoms with van der Waals surface area (Å²) in [5.74, 6) is -0.613. The van der Waals surface area contributed by atoms with Crippen LogP contribution in [0, 0.1) is 0 Å². The van der Waals surface area contributed by atoms with Gasteiger partial charge in [0.1, 0.15) is 5.54 Å². The molecule has 0 aliphatic carbocycles. The first-order valence-electron chi connectivity index (χ1n) is 9.83. The lowest BCUT2D eigenvalue weighted by Gasteiger charge is -2.27. The second-order valence-electron chi connectivity index (χ2n) is 7.86. The Morgan fingerprint density at radius 3 is 2.83 bits per heavy atom. The second kappa shape index (κ2) is 8.51. The standard InChI is InChI=1S/C22H24ClN3O3S/c1-14-12-26(2)9-7-15-3-4-16(11-17(14)15)24-21(28)22(8-10-29-13-22)25-20(27)18-5-6-19(23)30-18/h3-6,11H,1,7-10,12-13H2,2H3,(H,24,28)(H,25,27)/t22-/m0/s1. The first-order chi connectivity index (χ1) is 14.4. The SMILES string of the molecule is C=C1CN(C)CCc2ccc(NC(=O)[C@]3(NC(=O)c4ccc(Cl)s4)CCOC3)cc21. The van der Waals surface area contributed by atoms with Gasteiger partial charge in [-0.1, -0.05) is 24.2 Å². The quantitative estimate of drug-likeness (QED) is 0.756. The molecule has 0 bridgehead atoms. The summed E-state index contributed by atoms with van der Waals surface area (Å²) in [4.78, 5) is 28.6. The van der Waals surface area contributed by atoms with E-state index in [0.717, 1.165) is 30.6 Å². The van der Waals surface area contributed by atoms with Gasteiger partial charge in [-0.05, 0) is 54.4 Å². The third kappa shape index (κ3) is 4.30. The van der Waals surface area contributed by atoms with Crippen molar-refractivity contribution in [2.75, 3.05) is 38.7 Å². The molecule has 0 unspecified atom stereocenters. The Hall–Kier alpha value is -2.19. The van der Waals surface area contributed by atoms with E-state index >= 15 is 0 Å². The van der Waals surface area contributed by atoms with E-state index in [2.05, 4.69) is 29.2 Å². The van der Waals surface area contributed by atoms with Crippen molar-refractivity contribution in [2.24, 2.45) is 0 Å².